The summed E-state index contributed by atoms with van der Waals surface area (Å²) in [6.07, 6.45) is 1.73. The molecule has 1 aliphatic rings. The van der Waals surface area contributed by atoms with E-state index < -0.39 is 0 Å². The number of aromatic amines is 1. The Labute approximate surface area is 163 Å². The zero-order valence-electron chi connectivity index (χ0n) is 15.8. The molecule has 0 spiro atoms. The van der Waals surface area contributed by atoms with Gasteiger partial charge in [0, 0.05) is 31.2 Å². The number of carbonyl (C=O) groups excluding carboxylic acids is 1. The molecular weight excluding hydrogens is 356 g/mol. The van der Waals surface area contributed by atoms with Crippen molar-refractivity contribution in [2.75, 3.05) is 27.2 Å². The Bertz CT molecular complexity index is 914. The number of rotatable bonds is 4. The molecule has 1 aliphatic heterocycles. The Morgan fingerprint density at radius 1 is 1.15 bits per heavy atom. The maximum atomic E-state index is 13.1. The standard InChI is InChI=1S/C21H24N4OS/c1-14-4-6-15(7-5-14)16-12-25(13-18(16)24(2)3)21(26)20-9-8-19(27-20)17-10-11-22-23-17/h4-11,16,18H,12-13H2,1-3H3,(H,22,23). The highest BCUT2D eigenvalue weighted by atomic mass is 32.1. The van der Waals surface area contributed by atoms with Crippen molar-refractivity contribution in [1.29, 1.82) is 0 Å². The molecule has 3 heterocycles. The summed E-state index contributed by atoms with van der Waals surface area (Å²) in [6.45, 7) is 3.61. The van der Waals surface area contributed by atoms with E-state index >= 15 is 0 Å². The second-order valence-corrected chi connectivity index (χ2v) is 8.48. The number of benzene rings is 1. The van der Waals surface area contributed by atoms with Crippen molar-refractivity contribution in [3.63, 3.8) is 0 Å². The van der Waals surface area contributed by atoms with E-state index in [-0.39, 0.29) is 5.91 Å². The normalized spacial score (nSPS) is 19.8. The highest BCUT2D eigenvalue weighted by molar-refractivity contribution is 7.17. The van der Waals surface area contributed by atoms with Crippen molar-refractivity contribution in [1.82, 2.24) is 20.0 Å². The molecule has 5 nitrogen and oxygen atoms in total. The van der Waals surface area contributed by atoms with E-state index in [1.807, 2.05) is 23.1 Å². The quantitative estimate of drug-likeness (QED) is 0.752. The van der Waals surface area contributed by atoms with Crippen LogP contribution >= 0.6 is 11.3 Å². The molecule has 2 unspecified atom stereocenters. The smallest absolute Gasteiger partial charge is 0.264 e. The van der Waals surface area contributed by atoms with Crippen LogP contribution in [0.5, 0.6) is 0 Å². The van der Waals surface area contributed by atoms with E-state index in [9.17, 15) is 4.79 Å². The molecule has 2 atom stereocenters. The fourth-order valence-corrected chi connectivity index (χ4v) is 4.71. The van der Waals surface area contributed by atoms with E-state index in [1.54, 1.807) is 6.20 Å². The molecule has 0 bridgehead atoms. The van der Waals surface area contributed by atoms with Gasteiger partial charge in [-0.25, -0.2) is 0 Å². The first kappa shape index (κ1) is 17.9. The third-order valence-electron chi connectivity index (χ3n) is 5.33. The van der Waals surface area contributed by atoms with Crippen LogP contribution in [0.15, 0.2) is 48.7 Å². The Morgan fingerprint density at radius 2 is 1.93 bits per heavy atom. The molecule has 1 saturated heterocycles. The first-order chi connectivity index (χ1) is 13.0. The molecule has 1 N–H and O–H groups in total. The fourth-order valence-electron chi connectivity index (χ4n) is 3.76. The van der Waals surface area contributed by atoms with Gasteiger partial charge in [0.05, 0.1) is 15.4 Å². The zero-order chi connectivity index (χ0) is 19.0. The van der Waals surface area contributed by atoms with Crippen molar-refractivity contribution in [3.05, 3.63) is 64.7 Å². The molecule has 0 radical (unpaired) electrons. The van der Waals surface area contributed by atoms with Crippen molar-refractivity contribution in [2.24, 2.45) is 0 Å². The zero-order valence-corrected chi connectivity index (χ0v) is 16.7. The number of carbonyl (C=O) groups is 1. The summed E-state index contributed by atoms with van der Waals surface area (Å²) >= 11 is 1.52. The fraction of sp³-hybridized carbons (Fsp3) is 0.333. The average Bonchev–Trinajstić information content (AvgIpc) is 3.40. The number of nitrogens with one attached hydrogen (secondary N) is 1. The second-order valence-electron chi connectivity index (χ2n) is 7.39. The number of thiophene rings is 1. The van der Waals surface area contributed by atoms with Gasteiger partial charge in [-0.3, -0.25) is 9.89 Å². The predicted octanol–water partition coefficient (Wildman–Crippen LogP) is 3.62. The number of aromatic nitrogens is 2. The molecule has 4 rings (SSSR count). The molecule has 6 heteroatoms. The van der Waals surface area contributed by atoms with E-state index in [4.69, 9.17) is 0 Å². The van der Waals surface area contributed by atoms with Gasteiger partial charge in [-0.15, -0.1) is 11.3 Å². The number of likely N-dealkylation sites (N-methyl/N-ethyl adjacent to an activating group) is 1. The van der Waals surface area contributed by atoms with E-state index in [0.717, 1.165) is 28.5 Å². The minimum absolute atomic E-state index is 0.118. The van der Waals surface area contributed by atoms with Gasteiger partial charge in [-0.2, -0.15) is 5.10 Å². The lowest BCUT2D eigenvalue weighted by molar-refractivity contribution is 0.0787. The number of hydrogen-bond acceptors (Lipinski definition) is 4. The van der Waals surface area contributed by atoms with Gasteiger partial charge in [0.1, 0.15) is 0 Å². The number of amides is 1. The Hall–Kier alpha value is -2.44. The van der Waals surface area contributed by atoms with Crippen molar-refractivity contribution in [3.8, 4) is 10.6 Å². The Morgan fingerprint density at radius 3 is 2.59 bits per heavy atom. The summed E-state index contributed by atoms with van der Waals surface area (Å²) in [5.74, 6) is 0.448. The maximum absolute atomic E-state index is 13.1. The first-order valence-electron chi connectivity index (χ1n) is 9.15. The molecule has 1 aromatic carbocycles. The lowest BCUT2D eigenvalue weighted by atomic mass is 9.93. The van der Waals surface area contributed by atoms with Crippen molar-refractivity contribution < 1.29 is 4.79 Å². The largest absolute Gasteiger partial charge is 0.336 e. The summed E-state index contributed by atoms with van der Waals surface area (Å²) in [4.78, 5) is 19.2. The molecule has 2 aromatic heterocycles. The summed E-state index contributed by atoms with van der Waals surface area (Å²) in [5, 5.41) is 6.95. The van der Waals surface area contributed by atoms with Crippen LogP contribution in [0.1, 0.15) is 26.7 Å². The van der Waals surface area contributed by atoms with Gasteiger partial charge in [0.15, 0.2) is 0 Å². The molecule has 0 saturated carbocycles. The lowest BCUT2D eigenvalue weighted by Crippen LogP contribution is -2.35. The average molecular weight is 381 g/mol. The van der Waals surface area contributed by atoms with Crippen molar-refractivity contribution >= 4 is 17.2 Å². The van der Waals surface area contributed by atoms with Crippen LogP contribution in [0.2, 0.25) is 0 Å². The summed E-state index contributed by atoms with van der Waals surface area (Å²) < 4.78 is 0. The van der Waals surface area contributed by atoms with Gasteiger partial charge in [-0.1, -0.05) is 29.8 Å². The van der Waals surface area contributed by atoms with E-state index in [2.05, 4.69) is 60.4 Å². The Kier molecular flexibility index (Phi) is 4.85. The van der Waals surface area contributed by atoms with Gasteiger partial charge in [0.2, 0.25) is 0 Å². The summed E-state index contributed by atoms with van der Waals surface area (Å²) in [7, 11) is 4.20. The van der Waals surface area contributed by atoms with Gasteiger partial charge in [0.25, 0.3) is 5.91 Å². The third-order valence-corrected chi connectivity index (χ3v) is 6.43. The highest BCUT2D eigenvalue weighted by Crippen LogP contribution is 2.33. The van der Waals surface area contributed by atoms with Gasteiger partial charge >= 0.3 is 0 Å². The second kappa shape index (κ2) is 7.29. The first-order valence-corrected chi connectivity index (χ1v) is 9.96. The van der Waals surface area contributed by atoms with E-state index in [1.165, 1.54) is 22.5 Å². The SMILES string of the molecule is Cc1ccc(C2CN(C(=O)c3ccc(-c4ccn[nH]4)s3)CC2N(C)C)cc1. The minimum Gasteiger partial charge on any atom is -0.336 e. The van der Waals surface area contributed by atoms with Crippen molar-refractivity contribution in [2.45, 2.75) is 18.9 Å². The minimum atomic E-state index is 0.118. The molecule has 3 aromatic rings. The molecule has 0 aliphatic carbocycles. The highest BCUT2D eigenvalue weighted by Gasteiger charge is 2.37. The third kappa shape index (κ3) is 3.55. The molecule has 1 fully saturated rings. The van der Waals surface area contributed by atoms with Crippen LogP contribution in [0, 0.1) is 6.92 Å². The van der Waals surface area contributed by atoms with Crippen LogP contribution in [-0.2, 0) is 0 Å². The van der Waals surface area contributed by atoms with Crippen LogP contribution in [0.25, 0.3) is 10.6 Å². The lowest BCUT2D eigenvalue weighted by Gasteiger charge is -2.25. The number of likely N-dealkylation sites (tertiary alicyclic amines) is 1. The molecule has 1 amide bonds. The number of hydrogen-bond donors (Lipinski definition) is 1. The van der Waals surface area contributed by atoms with Gasteiger partial charge < -0.3 is 9.80 Å². The van der Waals surface area contributed by atoms with Crippen LogP contribution in [-0.4, -0.2) is 59.1 Å². The molecule has 27 heavy (non-hydrogen) atoms. The maximum Gasteiger partial charge on any atom is 0.264 e. The molecular formula is C21H24N4OS. The summed E-state index contributed by atoms with van der Waals surface area (Å²) in [5.41, 5.74) is 3.51. The van der Waals surface area contributed by atoms with E-state index in [0.29, 0.717) is 12.0 Å². The topological polar surface area (TPSA) is 52.2 Å². The Balaban J connectivity index is 1.55. The monoisotopic (exact) mass is 380 g/mol. The number of H-pyrrole nitrogens is 1. The van der Waals surface area contributed by atoms with Crippen LogP contribution in [0.4, 0.5) is 0 Å². The number of aryl methyl sites for hydroxylation is 1. The van der Waals surface area contributed by atoms with Gasteiger partial charge in [-0.05, 0) is 44.8 Å². The van der Waals surface area contributed by atoms with Crippen LogP contribution < -0.4 is 0 Å². The predicted molar refractivity (Wildman–Crippen MR) is 109 cm³/mol. The summed E-state index contributed by atoms with van der Waals surface area (Å²) in [6, 6.07) is 14.9. The number of nitrogens with zero attached hydrogens (tertiary/aromatic N) is 3. The van der Waals surface area contributed by atoms with Crippen LogP contribution in [0.3, 0.4) is 0 Å². The molecule has 140 valence electrons.